The van der Waals surface area contributed by atoms with Gasteiger partial charge in [-0.3, -0.25) is 0 Å². The van der Waals surface area contributed by atoms with Gasteiger partial charge >= 0.3 is 0 Å². The molecule has 0 spiro atoms. The monoisotopic (exact) mass is 610 g/mol. The number of benzene rings is 4. The Morgan fingerprint density at radius 1 is 0.561 bits per heavy atom. The third-order valence-electron chi connectivity index (χ3n) is 6.05. The Morgan fingerprint density at radius 3 is 1.22 bits per heavy atom. The lowest BCUT2D eigenvalue weighted by Crippen LogP contribution is -2.13. The van der Waals surface area contributed by atoms with Gasteiger partial charge < -0.3 is 4.74 Å². The van der Waals surface area contributed by atoms with Crippen molar-refractivity contribution in [3.8, 4) is 5.75 Å². The second kappa shape index (κ2) is 14.6. The first kappa shape index (κ1) is 29.9. The molecule has 4 rings (SSSR count). The van der Waals surface area contributed by atoms with Crippen molar-refractivity contribution in [2.75, 3.05) is 6.61 Å². The summed E-state index contributed by atoms with van der Waals surface area (Å²) in [5.74, 6) is 1.48. The molecule has 0 amide bonds. The Morgan fingerprint density at radius 2 is 0.878 bits per heavy atom. The molecular formula is C33H35BrN6O. The maximum Gasteiger partial charge on any atom is 0.119 e. The van der Waals surface area contributed by atoms with Crippen molar-refractivity contribution in [1.29, 1.82) is 0 Å². The highest BCUT2D eigenvalue weighted by Crippen LogP contribution is 2.28. The van der Waals surface area contributed by atoms with Crippen molar-refractivity contribution in [1.82, 2.24) is 0 Å². The van der Waals surface area contributed by atoms with Crippen LogP contribution in [0.25, 0.3) is 0 Å². The average molecular weight is 612 g/mol. The van der Waals surface area contributed by atoms with E-state index < -0.39 is 0 Å². The molecule has 0 heterocycles. The predicted octanol–water partition coefficient (Wildman–Crippen LogP) is 12.5. The third-order valence-corrected chi connectivity index (χ3v) is 6.57. The number of halogens is 1. The number of azo groups is 3. The van der Waals surface area contributed by atoms with Crippen LogP contribution in [0.15, 0.2) is 132 Å². The Hall–Kier alpha value is -4.04. The van der Waals surface area contributed by atoms with E-state index in [1.165, 1.54) is 6.42 Å². The third kappa shape index (κ3) is 10.8. The number of hydrogen-bond acceptors (Lipinski definition) is 7. The maximum atomic E-state index is 5.91. The Bertz CT molecular complexity index is 1460. The molecule has 4 aromatic carbocycles. The van der Waals surface area contributed by atoms with E-state index in [4.69, 9.17) is 4.74 Å². The fourth-order valence-electron chi connectivity index (χ4n) is 4.16. The van der Waals surface area contributed by atoms with Gasteiger partial charge in [0.05, 0.1) is 40.7 Å². The molecule has 0 aliphatic rings. The topological polar surface area (TPSA) is 83.4 Å². The fourth-order valence-corrected chi connectivity index (χ4v) is 4.42. The first-order chi connectivity index (χ1) is 19.7. The van der Waals surface area contributed by atoms with Gasteiger partial charge in [-0.25, -0.2) is 0 Å². The van der Waals surface area contributed by atoms with Crippen molar-refractivity contribution >= 4 is 50.1 Å². The van der Waals surface area contributed by atoms with Crippen LogP contribution in [0.1, 0.15) is 40.5 Å². The zero-order valence-corrected chi connectivity index (χ0v) is 25.5. The summed E-state index contributed by atoms with van der Waals surface area (Å²) in [6.45, 7) is 9.83. The summed E-state index contributed by atoms with van der Waals surface area (Å²) in [6.07, 6.45) is 2.23. The molecule has 0 fully saturated rings. The molecule has 0 aliphatic carbocycles. The van der Waals surface area contributed by atoms with E-state index in [1.54, 1.807) is 0 Å². The molecule has 0 bridgehead atoms. The highest BCUT2D eigenvalue weighted by atomic mass is 79.9. The molecule has 1 atom stereocenters. The van der Waals surface area contributed by atoms with E-state index in [1.807, 2.05) is 97.1 Å². The van der Waals surface area contributed by atoms with Gasteiger partial charge in [0.25, 0.3) is 0 Å². The Labute approximate surface area is 250 Å². The lowest BCUT2D eigenvalue weighted by atomic mass is 9.84. The molecule has 210 valence electrons. The van der Waals surface area contributed by atoms with E-state index in [0.29, 0.717) is 17.9 Å². The first-order valence-corrected chi connectivity index (χ1v) is 14.4. The molecule has 0 radical (unpaired) electrons. The van der Waals surface area contributed by atoms with Crippen LogP contribution >= 0.6 is 15.9 Å². The van der Waals surface area contributed by atoms with Crippen LogP contribution in [0.2, 0.25) is 0 Å². The van der Waals surface area contributed by atoms with Gasteiger partial charge in [-0.15, -0.1) is 0 Å². The van der Waals surface area contributed by atoms with Gasteiger partial charge in [-0.1, -0.05) is 43.6 Å². The van der Waals surface area contributed by atoms with Crippen molar-refractivity contribution in [2.24, 2.45) is 42.0 Å². The van der Waals surface area contributed by atoms with E-state index in [-0.39, 0.29) is 0 Å². The van der Waals surface area contributed by atoms with Gasteiger partial charge in [-0.05, 0) is 121 Å². The van der Waals surface area contributed by atoms with Crippen LogP contribution in [0.4, 0.5) is 34.1 Å². The van der Waals surface area contributed by atoms with E-state index in [9.17, 15) is 0 Å². The summed E-state index contributed by atoms with van der Waals surface area (Å²) < 4.78 is 6.92. The normalized spacial score (nSPS) is 12.9. The highest BCUT2D eigenvalue weighted by molar-refractivity contribution is 9.10. The van der Waals surface area contributed by atoms with Crippen LogP contribution < -0.4 is 4.74 Å². The summed E-state index contributed by atoms with van der Waals surface area (Å²) in [6, 6.07) is 30.2. The molecule has 0 N–H and O–H groups in total. The SMILES string of the molecule is CC(CCOc1ccc(N=Nc2ccc(N=Nc3ccc(N=Nc4ccc(Br)cc4)cc3)cc2)cc1)CC(C)(C)C. The molecule has 0 aromatic heterocycles. The van der Waals surface area contributed by atoms with Crippen LogP contribution in [0.3, 0.4) is 0 Å². The van der Waals surface area contributed by atoms with Gasteiger partial charge in [0, 0.05) is 4.47 Å². The van der Waals surface area contributed by atoms with Crippen LogP contribution in [-0.2, 0) is 0 Å². The van der Waals surface area contributed by atoms with Gasteiger partial charge in [-0.2, -0.15) is 30.7 Å². The summed E-state index contributed by atoms with van der Waals surface area (Å²) >= 11 is 3.41. The molecule has 41 heavy (non-hydrogen) atoms. The Kier molecular flexibility index (Phi) is 10.6. The number of nitrogens with zero attached hydrogens (tertiary/aromatic N) is 6. The minimum absolute atomic E-state index is 0.347. The maximum absolute atomic E-state index is 5.91. The van der Waals surface area contributed by atoms with Gasteiger partial charge in [0.2, 0.25) is 0 Å². The standard InChI is InChI=1S/C33H35BrN6O/c1-24(23-33(2,3)4)21-22-41-32-19-17-31(18-20-32)40-39-30-15-13-29(14-16-30)38-37-28-11-9-27(10-12-28)36-35-26-7-5-25(34)6-8-26/h5-20,24H,21-23H2,1-4H3. The smallest absolute Gasteiger partial charge is 0.119 e. The second-order valence-corrected chi connectivity index (χ2v) is 12.0. The number of hydrogen-bond donors (Lipinski definition) is 0. The molecule has 8 heteroatoms. The van der Waals surface area contributed by atoms with Crippen molar-refractivity contribution in [2.45, 2.75) is 40.5 Å². The van der Waals surface area contributed by atoms with E-state index in [2.05, 4.69) is 74.3 Å². The quantitative estimate of drug-likeness (QED) is 0.155. The molecule has 1 unspecified atom stereocenters. The zero-order chi connectivity index (χ0) is 29.1. The summed E-state index contributed by atoms with van der Waals surface area (Å²) in [5.41, 5.74) is 4.82. The average Bonchev–Trinajstić information content (AvgIpc) is 2.95. The lowest BCUT2D eigenvalue weighted by molar-refractivity contribution is 0.240. The molecule has 0 saturated heterocycles. The van der Waals surface area contributed by atoms with Crippen molar-refractivity contribution in [3.63, 3.8) is 0 Å². The molecular weight excluding hydrogens is 576 g/mol. The van der Waals surface area contributed by atoms with E-state index >= 15 is 0 Å². The molecule has 4 aromatic rings. The zero-order valence-electron chi connectivity index (χ0n) is 23.9. The number of rotatable bonds is 11. The lowest BCUT2D eigenvalue weighted by Gasteiger charge is -2.23. The summed E-state index contributed by atoms with van der Waals surface area (Å²) in [7, 11) is 0. The molecule has 7 nitrogen and oxygen atoms in total. The summed E-state index contributed by atoms with van der Waals surface area (Å²) in [5, 5.41) is 25.8. The predicted molar refractivity (Wildman–Crippen MR) is 169 cm³/mol. The molecule has 0 saturated carbocycles. The van der Waals surface area contributed by atoms with Gasteiger partial charge in [0.1, 0.15) is 5.75 Å². The molecule has 0 aliphatic heterocycles. The second-order valence-electron chi connectivity index (χ2n) is 11.1. The van der Waals surface area contributed by atoms with E-state index in [0.717, 1.165) is 50.8 Å². The van der Waals surface area contributed by atoms with Crippen LogP contribution in [0.5, 0.6) is 5.75 Å². The van der Waals surface area contributed by atoms with Crippen molar-refractivity contribution in [3.05, 3.63) is 102 Å². The fraction of sp³-hybridized carbons (Fsp3) is 0.273. The summed E-state index contributed by atoms with van der Waals surface area (Å²) in [4.78, 5) is 0. The minimum Gasteiger partial charge on any atom is -0.494 e. The Balaban J connectivity index is 1.24. The number of ether oxygens (including phenoxy) is 1. The highest BCUT2D eigenvalue weighted by Gasteiger charge is 2.15. The van der Waals surface area contributed by atoms with Crippen LogP contribution in [0, 0.1) is 11.3 Å². The van der Waals surface area contributed by atoms with Crippen LogP contribution in [-0.4, -0.2) is 6.61 Å². The minimum atomic E-state index is 0.347. The van der Waals surface area contributed by atoms with Gasteiger partial charge in [0.15, 0.2) is 0 Å². The first-order valence-electron chi connectivity index (χ1n) is 13.7. The largest absolute Gasteiger partial charge is 0.494 e. The van der Waals surface area contributed by atoms with Crippen molar-refractivity contribution < 1.29 is 4.74 Å².